The second-order valence-corrected chi connectivity index (χ2v) is 7.05. The number of phenolic OH excluding ortho intramolecular Hbond substituents is 1. The quantitative estimate of drug-likeness (QED) is 0.637. The Labute approximate surface area is 170 Å². The first-order valence-corrected chi connectivity index (χ1v) is 9.79. The SMILES string of the molecule is CCOc1ccc(O)c(C2Nc3ccccc3C(=O)N2C(C)c2ccccc2)c1. The molecular formula is C24H24N2O3. The number of nitrogens with zero attached hydrogens (tertiary/aromatic N) is 1. The fourth-order valence-electron chi connectivity index (χ4n) is 3.80. The van der Waals surface area contributed by atoms with Crippen LogP contribution in [0.2, 0.25) is 0 Å². The van der Waals surface area contributed by atoms with E-state index in [-0.39, 0.29) is 17.7 Å². The third kappa shape index (κ3) is 3.51. The molecule has 5 nitrogen and oxygen atoms in total. The summed E-state index contributed by atoms with van der Waals surface area (Å²) in [6.07, 6.45) is -0.534. The lowest BCUT2D eigenvalue weighted by molar-refractivity contribution is 0.0594. The van der Waals surface area contributed by atoms with Crippen LogP contribution in [-0.2, 0) is 0 Å². The van der Waals surface area contributed by atoms with Gasteiger partial charge in [-0.3, -0.25) is 4.79 Å². The number of benzene rings is 3. The zero-order valence-corrected chi connectivity index (χ0v) is 16.5. The van der Waals surface area contributed by atoms with Crippen LogP contribution in [0, 0.1) is 0 Å². The molecule has 3 aromatic rings. The molecule has 1 amide bonds. The molecule has 1 heterocycles. The van der Waals surface area contributed by atoms with Crippen LogP contribution in [0.4, 0.5) is 5.69 Å². The van der Waals surface area contributed by atoms with Crippen molar-refractivity contribution in [3.63, 3.8) is 0 Å². The highest BCUT2D eigenvalue weighted by atomic mass is 16.5. The van der Waals surface area contributed by atoms with Gasteiger partial charge in [-0.1, -0.05) is 42.5 Å². The van der Waals surface area contributed by atoms with E-state index in [1.54, 1.807) is 23.1 Å². The Kier molecular flexibility index (Phi) is 5.12. The molecule has 148 valence electrons. The minimum atomic E-state index is -0.534. The fraction of sp³-hybridized carbons (Fsp3) is 0.208. The molecule has 0 aliphatic carbocycles. The summed E-state index contributed by atoms with van der Waals surface area (Å²) in [5, 5.41) is 14.1. The molecule has 29 heavy (non-hydrogen) atoms. The number of hydrogen-bond donors (Lipinski definition) is 2. The number of para-hydroxylation sites is 1. The van der Waals surface area contributed by atoms with Gasteiger partial charge >= 0.3 is 0 Å². The number of amides is 1. The zero-order valence-electron chi connectivity index (χ0n) is 16.5. The fourth-order valence-corrected chi connectivity index (χ4v) is 3.80. The molecule has 0 saturated carbocycles. The van der Waals surface area contributed by atoms with Crippen molar-refractivity contribution in [2.24, 2.45) is 0 Å². The second-order valence-electron chi connectivity index (χ2n) is 7.05. The average Bonchev–Trinajstić information content (AvgIpc) is 2.75. The van der Waals surface area contributed by atoms with Crippen LogP contribution in [0.3, 0.4) is 0 Å². The monoisotopic (exact) mass is 388 g/mol. The number of carbonyl (C=O) groups excluding carboxylic acids is 1. The maximum Gasteiger partial charge on any atom is 0.258 e. The van der Waals surface area contributed by atoms with E-state index < -0.39 is 6.17 Å². The number of hydrogen-bond acceptors (Lipinski definition) is 4. The Morgan fingerprint density at radius 2 is 1.79 bits per heavy atom. The van der Waals surface area contributed by atoms with Gasteiger partial charge in [-0.05, 0) is 49.7 Å². The number of aromatic hydroxyl groups is 1. The summed E-state index contributed by atoms with van der Waals surface area (Å²) in [5.41, 5.74) is 2.99. The van der Waals surface area contributed by atoms with E-state index in [2.05, 4.69) is 5.32 Å². The number of nitrogens with one attached hydrogen (secondary N) is 1. The maximum absolute atomic E-state index is 13.5. The van der Waals surface area contributed by atoms with Gasteiger partial charge in [-0.15, -0.1) is 0 Å². The molecule has 2 N–H and O–H groups in total. The van der Waals surface area contributed by atoms with Crippen molar-refractivity contribution < 1.29 is 14.6 Å². The summed E-state index contributed by atoms with van der Waals surface area (Å²) >= 11 is 0. The highest BCUT2D eigenvalue weighted by Crippen LogP contribution is 2.41. The molecule has 0 radical (unpaired) electrons. The minimum absolute atomic E-state index is 0.0816. The number of anilines is 1. The predicted molar refractivity (Wildman–Crippen MR) is 113 cm³/mol. The standard InChI is InChI=1S/C24H24N2O3/c1-3-29-18-13-14-22(27)20(15-18)23-25-21-12-8-7-11-19(21)24(28)26(23)16(2)17-9-5-4-6-10-17/h4-16,23,25,27H,3H2,1-2H3. The van der Waals surface area contributed by atoms with Crippen LogP contribution in [-0.4, -0.2) is 22.5 Å². The largest absolute Gasteiger partial charge is 0.508 e. The topological polar surface area (TPSA) is 61.8 Å². The summed E-state index contributed by atoms with van der Waals surface area (Å²) in [5.74, 6) is 0.686. The van der Waals surface area contributed by atoms with E-state index >= 15 is 0 Å². The first-order valence-electron chi connectivity index (χ1n) is 9.79. The molecule has 2 atom stereocenters. The van der Waals surface area contributed by atoms with Gasteiger partial charge < -0.3 is 20.1 Å². The molecule has 0 spiro atoms. The lowest BCUT2D eigenvalue weighted by atomic mass is 9.98. The Morgan fingerprint density at radius 1 is 1.07 bits per heavy atom. The van der Waals surface area contributed by atoms with Gasteiger partial charge in [0, 0.05) is 11.3 Å². The van der Waals surface area contributed by atoms with Crippen LogP contribution in [0.15, 0.2) is 72.8 Å². The van der Waals surface area contributed by atoms with E-state index in [4.69, 9.17) is 4.74 Å². The maximum atomic E-state index is 13.5. The zero-order chi connectivity index (χ0) is 20.4. The molecule has 0 saturated heterocycles. The minimum Gasteiger partial charge on any atom is -0.508 e. The molecule has 1 aliphatic rings. The van der Waals surface area contributed by atoms with Crippen molar-refractivity contribution in [2.45, 2.75) is 26.1 Å². The normalized spacial score (nSPS) is 16.7. The lowest BCUT2D eigenvalue weighted by Crippen LogP contribution is -2.44. The molecule has 4 rings (SSSR count). The first kappa shape index (κ1) is 18.9. The van der Waals surface area contributed by atoms with Crippen LogP contribution >= 0.6 is 0 Å². The van der Waals surface area contributed by atoms with Gasteiger partial charge in [0.2, 0.25) is 0 Å². The summed E-state index contributed by atoms with van der Waals surface area (Å²) < 4.78 is 5.63. The van der Waals surface area contributed by atoms with Crippen molar-refractivity contribution >= 4 is 11.6 Å². The van der Waals surface area contributed by atoms with Crippen LogP contribution in [0.1, 0.15) is 47.5 Å². The molecular weight excluding hydrogens is 364 g/mol. The van der Waals surface area contributed by atoms with Gasteiger partial charge in [0.05, 0.1) is 18.2 Å². The summed E-state index contributed by atoms with van der Waals surface area (Å²) in [7, 11) is 0. The van der Waals surface area contributed by atoms with Crippen molar-refractivity contribution in [1.82, 2.24) is 4.90 Å². The van der Waals surface area contributed by atoms with Crippen molar-refractivity contribution in [1.29, 1.82) is 0 Å². The van der Waals surface area contributed by atoms with Crippen LogP contribution < -0.4 is 10.1 Å². The molecule has 0 fully saturated rings. The highest BCUT2D eigenvalue weighted by Gasteiger charge is 2.37. The number of fused-ring (bicyclic) bond motifs is 1. The average molecular weight is 388 g/mol. The Bertz CT molecular complexity index is 1020. The van der Waals surface area contributed by atoms with Gasteiger partial charge in [-0.25, -0.2) is 0 Å². The van der Waals surface area contributed by atoms with E-state index in [0.29, 0.717) is 23.5 Å². The van der Waals surface area contributed by atoms with Gasteiger partial charge in [-0.2, -0.15) is 0 Å². The predicted octanol–water partition coefficient (Wildman–Crippen LogP) is 5.12. The Balaban J connectivity index is 1.83. The van der Waals surface area contributed by atoms with Gasteiger partial charge in [0.15, 0.2) is 0 Å². The molecule has 5 heteroatoms. The summed E-state index contributed by atoms with van der Waals surface area (Å²) in [6.45, 7) is 4.43. The van der Waals surface area contributed by atoms with E-state index in [1.807, 2.05) is 68.4 Å². The van der Waals surface area contributed by atoms with Crippen molar-refractivity contribution in [3.8, 4) is 11.5 Å². The number of rotatable bonds is 5. The third-order valence-corrected chi connectivity index (χ3v) is 5.27. The summed E-state index contributed by atoms with van der Waals surface area (Å²) in [4.78, 5) is 15.3. The van der Waals surface area contributed by atoms with E-state index in [9.17, 15) is 9.90 Å². The van der Waals surface area contributed by atoms with E-state index in [0.717, 1.165) is 11.3 Å². The molecule has 0 bridgehead atoms. The molecule has 0 aromatic heterocycles. The number of ether oxygens (including phenoxy) is 1. The number of phenols is 1. The highest BCUT2D eigenvalue weighted by molar-refractivity contribution is 6.02. The molecule has 3 aromatic carbocycles. The van der Waals surface area contributed by atoms with Gasteiger partial charge in [0.25, 0.3) is 5.91 Å². The van der Waals surface area contributed by atoms with Gasteiger partial charge in [0.1, 0.15) is 17.7 Å². The van der Waals surface area contributed by atoms with Crippen molar-refractivity contribution in [2.75, 3.05) is 11.9 Å². The Morgan fingerprint density at radius 3 is 2.55 bits per heavy atom. The number of carbonyl (C=O) groups is 1. The third-order valence-electron chi connectivity index (χ3n) is 5.27. The van der Waals surface area contributed by atoms with E-state index in [1.165, 1.54) is 0 Å². The second kappa shape index (κ2) is 7.87. The Hall–Kier alpha value is -3.47. The molecule has 2 unspecified atom stereocenters. The molecule has 1 aliphatic heterocycles. The van der Waals surface area contributed by atoms with Crippen LogP contribution in [0.25, 0.3) is 0 Å². The first-order chi connectivity index (χ1) is 14.1. The smallest absolute Gasteiger partial charge is 0.258 e. The van der Waals surface area contributed by atoms with Crippen molar-refractivity contribution in [3.05, 3.63) is 89.5 Å². The van der Waals surface area contributed by atoms with Crippen LogP contribution in [0.5, 0.6) is 11.5 Å². The summed E-state index contributed by atoms with van der Waals surface area (Å²) in [6, 6.07) is 22.3. The lowest BCUT2D eigenvalue weighted by Gasteiger charge is -2.42.